The van der Waals surface area contributed by atoms with Gasteiger partial charge in [-0.25, -0.2) is 14.8 Å². The summed E-state index contributed by atoms with van der Waals surface area (Å²) in [4.78, 5) is 22.0. The van der Waals surface area contributed by atoms with Crippen LogP contribution < -0.4 is 4.74 Å². The van der Waals surface area contributed by atoms with Gasteiger partial charge in [-0.15, -0.1) is 0 Å². The average Bonchev–Trinajstić information content (AvgIpc) is 2.54. The predicted octanol–water partition coefficient (Wildman–Crippen LogP) is 2.82. The zero-order valence-electron chi connectivity index (χ0n) is 12.7. The number of methoxy groups -OCH3 is 1. The average molecular weight is 378 g/mol. The molecule has 0 saturated carbocycles. The van der Waals surface area contributed by atoms with Crippen molar-refractivity contribution in [2.75, 3.05) is 7.11 Å². The van der Waals surface area contributed by atoms with Crippen LogP contribution >= 0.6 is 15.9 Å². The Morgan fingerprint density at radius 2 is 2.04 bits per heavy atom. The zero-order chi connectivity index (χ0) is 16.6. The third kappa shape index (κ3) is 2.88. The van der Waals surface area contributed by atoms with E-state index in [2.05, 4.69) is 25.9 Å². The zero-order valence-corrected chi connectivity index (χ0v) is 14.3. The van der Waals surface area contributed by atoms with E-state index in [0.29, 0.717) is 5.96 Å². The van der Waals surface area contributed by atoms with Crippen LogP contribution in [0.4, 0.5) is 0 Å². The number of hydrogen-bond donors (Lipinski definition) is 1. The molecule has 7 heteroatoms. The van der Waals surface area contributed by atoms with Gasteiger partial charge in [0, 0.05) is 18.3 Å². The fourth-order valence-electron chi connectivity index (χ4n) is 2.93. The minimum atomic E-state index is -0.938. The van der Waals surface area contributed by atoms with E-state index in [1.54, 1.807) is 13.3 Å². The number of ether oxygens (including phenoxy) is 1. The van der Waals surface area contributed by atoms with Crippen molar-refractivity contribution in [2.24, 2.45) is 15.9 Å². The fraction of sp³-hybridized carbons (Fsp3) is 0.312. The van der Waals surface area contributed by atoms with Crippen LogP contribution in [0.1, 0.15) is 18.5 Å². The number of carboxylic acid groups (broad SMARTS) is 1. The van der Waals surface area contributed by atoms with Crippen LogP contribution in [0.25, 0.3) is 0 Å². The van der Waals surface area contributed by atoms with E-state index in [1.165, 1.54) is 0 Å². The molecule has 1 aromatic carbocycles. The molecule has 2 aliphatic rings. The second-order valence-corrected chi connectivity index (χ2v) is 6.38. The van der Waals surface area contributed by atoms with E-state index in [1.807, 2.05) is 42.3 Å². The summed E-state index contributed by atoms with van der Waals surface area (Å²) in [7, 11) is 1.61. The molecular weight excluding hydrogens is 362 g/mol. The molecule has 120 valence electrons. The van der Waals surface area contributed by atoms with Crippen LogP contribution in [0.5, 0.6) is 5.75 Å². The lowest BCUT2D eigenvalue weighted by atomic mass is 9.86. The summed E-state index contributed by atoms with van der Waals surface area (Å²) in [5.74, 6) is 0.0234. The number of nitrogens with zero attached hydrogens (tertiary/aromatic N) is 3. The van der Waals surface area contributed by atoms with E-state index >= 15 is 0 Å². The van der Waals surface area contributed by atoms with Gasteiger partial charge in [-0.3, -0.25) is 0 Å². The summed E-state index contributed by atoms with van der Waals surface area (Å²) >= 11 is 3.42. The maximum absolute atomic E-state index is 11.6. The van der Waals surface area contributed by atoms with Gasteiger partial charge in [-0.05, 0) is 33.6 Å². The molecule has 3 unspecified atom stereocenters. The molecule has 2 heterocycles. The number of rotatable bonds is 3. The lowest BCUT2D eigenvalue weighted by molar-refractivity contribution is -0.140. The van der Waals surface area contributed by atoms with Crippen LogP contribution in [-0.4, -0.2) is 41.3 Å². The minimum Gasteiger partial charge on any atom is -0.497 e. The molecule has 0 bridgehead atoms. The normalized spacial score (nSPS) is 26.2. The first-order valence-corrected chi connectivity index (χ1v) is 7.95. The van der Waals surface area contributed by atoms with Crippen molar-refractivity contribution >= 4 is 34.1 Å². The van der Waals surface area contributed by atoms with Crippen LogP contribution in [0.3, 0.4) is 0 Å². The largest absolute Gasteiger partial charge is 0.497 e. The predicted molar refractivity (Wildman–Crippen MR) is 91.1 cm³/mol. The Morgan fingerprint density at radius 3 is 2.65 bits per heavy atom. The highest BCUT2D eigenvalue weighted by atomic mass is 79.9. The summed E-state index contributed by atoms with van der Waals surface area (Å²) in [5.41, 5.74) is 0.991. The SMILES string of the molecule is COc1ccc(C2C(C)C(C(=O)O)N=C3N=CC(Br)=CN32)cc1. The maximum Gasteiger partial charge on any atom is 0.328 e. The van der Waals surface area contributed by atoms with Gasteiger partial charge in [0.15, 0.2) is 6.04 Å². The summed E-state index contributed by atoms with van der Waals surface area (Å²) in [6.07, 6.45) is 3.50. The Balaban J connectivity index is 2.06. The van der Waals surface area contributed by atoms with Gasteiger partial charge < -0.3 is 14.7 Å². The van der Waals surface area contributed by atoms with Crippen molar-refractivity contribution in [3.8, 4) is 5.75 Å². The number of carboxylic acids is 1. The highest BCUT2D eigenvalue weighted by Gasteiger charge is 2.41. The molecule has 0 radical (unpaired) electrons. The molecule has 0 aromatic heterocycles. The van der Waals surface area contributed by atoms with Gasteiger partial charge in [0.2, 0.25) is 5.96 Å². The highest BCUT2D eigenvalue weighted by molar-refractivity contribution is 9.12. The molecule has 3 rings (SSSR count). The molecule has 1 aromatic rings. The smallest absolute Gasteiger partial charge is 0.328 e. The number of halogens is 1. The van der Waals surface area contributed by atoms with Crippen molar-refractivity contribution < 1.29 is 14.6 Å². The Labute approximate surface area is 142 Å². The lowest BCUT2D eigenvalue weighted by Gasteiger charge is -2.41. The van der Waals surface area contributed by atoms with E-state index in [-0.39, 0.29) is 12.0 Å². The van der Waals surface area contributed by atoms with Gasteiger partial charge >= 0.3 is 5.97 Å². The number of allylic oxidation sites excluding steroid dienone is 1. The second kappa shape index (κ2) is 6.16. The third-order valence-electron chi connectivity index (χ3n) is 4.06. The second-order valence-electron chi connectivity index (χ2n) is 5.47. The topological polar surface area (TPSA) is 74.5 Å². The van der Waals surface area contributed by atoms with E-state index in [4.69, 9.17) is 4.74 Å². The first kappa shape index (κ1) is 15.7. The number of aliphatic imine (C=N–C) groups is 2. The molecule has 0 saturated heterocycles. The van der Waals surface area contributed by atoms with Crippen molar-refractivity contribution in [3.63, 3.8) is 0 Å². The van der Waals surface area contributed by atoms with Gasteiger partial charge in [0.25, 0.3) is 0 Å². The lowest BCUT2D eigenvalue weighted by Crippen LogP contribution is -2.46. The minimum absolute atomic E-state index is 0.167. The van der Waals surface area contributed by atoms with Crippen molar-refractivity contribution in [3.05, 3.63) is 40.5 Å². The molecular formula is C16H16BrN3O3. The van der Waals surface area contributed by atoms with E-state index in [0.717, 1.165) is 15.8 Å². The number of hydrogen-bond acceptors (Lipinski definition) is 5. The van der Waals surface area contributed by atoms with Gasteiger partial charge in [0.05, 0.1) is 17.6 Å². The van der Waals surface area contributed by atoms with Gasteiger partial charge in [-0.1, -0.05) is 19.1 Å². The van der Waals surface area contributed by atoms with Crippen molar-refractivity contribution in [1.29, 1.82) is 0 Å². The Hall–Kier alpha value is -2.15. The van der Waals surface area contributed by atoms with Gasteiger partial charge in [0.1, 0.15) is 5.75 Å². The third-order valence-corrected chi connectivity index (χ3v) is 4.47. The monoisotopic (exact) mass is 377 g/mol. The Kier molecular flexibility index (Phi) is 4.21. The molecule has 0 aliphatic carbocycles. The van der Waals surface area contributed by atoms with Crippen LogP contribution in [0, 0.1) is 5.92 Å². The Bertz CT molecular complexity index is 712. The van der Waals surface area contributed by atoms with E-state index in [9.17, 15) is 9.90 Å². The Morgan fingerprint density at radius 1 is 1.35 bits per heavy atom. The molecule has 6 nitrogen and oxygen atoms in total. The molecule has 0 fully saturated rings. The van der Waals surface area contributed by atoms with Crippen LogP contribution in [-0.2, 0) is 4.79 Å². The summed E-state index contributed by atoms with van der Waals surface area (Å²) < 4.78 is 6.01. The molecule has 0 spiro atoms. The number of fused-ring (bicyclic) bond motifs is 1. The number of benzene rings is 1. The van der Waals surface area contributed by atoms with Crippen LogP contribution in [0.2, 0.25) is 0 Å². The molecule has 1 N–H and O–H groups in total. The highest BCUT2D eigenvalue weighted by Crippen LogP contribution is 2.38. The van der Waals surface area contributed by atoms with Crippen molar-refractivity contribution in [1.82, 2.24) is 4.90 Å². The van der Waals surface area contributed by atoms with E-state index < -0.39 is 12.0 Å². The molecule has 2 aliphatic heterocycles. The molecule has 0 amide bonds. The quantitative estimate of drug-likeness (QED) is 0.878. The molecule has 3 atom stereocenters. The standard InChI is InChI=1S/C16H16BrN3O3/c1-9-13(15(21)22)19-16-18-7-11(17)8-20(16)14(9)10-3-5-12(23-2)6-4-10/h3-9,13-14H,1-2H3,(H,21,22). The summed E-state index contributed by atoms with van der Waals surface area (Å²) in [6, 6.07) is 6.64. The first-order chi connectivity index (χ1) is 11.0. The summed E-state index contributed by atoms with van der Waals surface area (Å²) in [5, 5.41) is 9.48. The van der Waals surface area contributed by atoms with Gasteiger partial charge in [-0.2, -0.15) is 0 Å². The number of carbonyl (C=O) groups is 1. The summed E-state index contributed by atoms with van der Waals surface area (Å²) in [6.45, 7) is 1.90. The number of aliphatic carboxylic acids is 1. The fourth-order valence-corrected chi connectivity index (χ4v) is 3.25. The number of guanidine groups is 1. The van der Waals surface area contributed by atoms with Crippen molar-refractivity contribution in [2.45, 2.75) is 19.0 Å². The maximum atomic E-state index is 11.6. The molecule has 23 heavy (non-hydrogen) atoms. The van der Waals surface area contributed by atoms with Crippen LogP contribution in [0.15, 0.2) is 44.9 Å². The first-order valence-electron chi connectivity index (χ1n) is 7.15.